The summed E-state index contributed by atoms with van der Waals surface area (Å²) in [5, 5.41) is 0. The summed E-state index contributed by atoms with van der Waals surface area (Å²) in [5.41, 5.74) is 6.31. The zero-order chi connectivity index (χ0) is 12.2. The van der Waals surface area contributed by atoms with Gasteiger partial charge in [0, 0.05) is 30.6 Å². The van der Waals surface area contributed by atoms with Gasteiger partial charge in [-0.2, -0.15) is 11.8 Å². The molecule has 2 atom stereocenters. The van der Waals surface area contributed by atoms with E-state index >= 15 is 0 Å². The van der Waals surface area contributed by atoms with Gasteiger partial charge < -0.3 is 5.73 Å². The highest BCUT2D eigenvalue weighted by Gasteiger charge is 2.24. The first-order chi connectivity index (χ1) is 7.42. The first-order valence-corrected chi connectivity index (χ1v) is 7.59. The Kier molecular flexibility index (Phi) is 5.62. The maximum atomic E-state index is 5.91. The number of nitrogens with two attached hydrogens (primary N) is 1. The predicted molar refractivity (Wildman–Crippen MR) is 75.0 cm³/mol. The van der Waals surface area contributed by atoms with Crippen LogP contribution >= 0.6 is 11.8 Å². The monoisotopic (exact) mass is 244 g/mol. The number of hydrogen-bond acceptors (Lipinski definition) is 3. The van der Waals surface area contributed by atoms with Gasteiger partial charge in [0.1, 0.15) is 0 Å². The average molecular weight is 244 g/mol. The topological polar surface area (TPSA) is 29.3 Å². The summed E-state index contributed by atoms with van der Waals surface area (Å²) < 4.78 is 0. The number of rotatable bonds is 4. The first kappa shape index (κ1) is 14.3. The van der Waals surface area contributed by atoms with Crippen LogP contribution in [-0.2, 0) is 0 Å². The highest BCUT2D eigenvalue weighted by Crippen LogP contribution is 2.26. The molecule has 2 N–H and O–H groups in total. The molecule has 0 aromatic carbocycles. The van der Waals surface area contributed by atoms with E-state index in [9.17, 15) is 0 Å². The van der Waals surface area contributed by atoms with Gasteiger partial charge in [-0.25, -0.2) is 0 Å². The third-order valence-electron chi connectivity index (χ3n) is 3.23. The Morgan fingerprint density at radius 3 is 2.62 bits per heavy atom. The van der Waals surface area contributed by atoms with Gasteiger partial charge in [-0.1, -0.05) is 20.8 Å². The highest BCUT2D eigenvalue weighted by molar-refractivity contribution is 7.99. The van der Waals surface area contributed by atoms with E-state index in [1.165, 1.54) is 31.0 Å². The summed E-state index contributed by atoms with van der Waals surface area (Å²) in [4.78, 5) is 2.62. The second kappa shape index (κ2) is 6.27. The van der Waals surface area contributed by atoms with E-state index in [1.54, 1.807) is 0 Å². The van der Waals surface area contributed by atoms with Crippen LogP contribution in [0.5, 0.6) is 0 Å². The van der Waals surface area contributed by atoms with Crippen LogP contribution in [0.2, 0.25) is 0 Å². The van der Waals surface area contributed by atoms with Gasteiger partial charge in [-0.05, 0) is 31.2 Å². The molecule has 1 heterocycles. The van der Waals surface area contributed by atoms with Crippen molar-refractivity contribution in [2.24, 2.45) is 17.1 Å². The standard InChI is InChI=1S/C13H28N2S/c1-11-10-16-6-5-15(11)9-12(8-14)7-13(2,3)4/h11-12H,5-10,14H2,1-4H3. The third-order valence-corrected chi connectivity index (χ3v) is 4.42. The molecule has 0 spiro atoms. The fraction of sp³-hybridized carbons (Fsp3) is 1.00. The van der Waals surface area contributed by atoms with E-state index < -0.39 is 0 Å². The maximum Gasteiger partial charge on any atom is 0.0158 e. The average Bonchev–Trinajstić information content (AvgIpc) is 2.18. The van der Waals surface area contributed by atoms with Gasteiger partial charge in [0.25, 0.3) is 0 Å². The molecule has 0 aromatic heterocycles. The van der Waals surface area contributed by atoms with Crippen LogP contribution in [0.25, 0.3) is 0 Å². The van der Waals surface area contributed by atoms with E-state index in [1.807, 2.05) is 0 Å². The largest absolute Gasteiger partial charge is 0.330 e. The van der Waals surface area contributed by atoms with Crippen LogP contribution in [0, 0.1) is 11.3 Å². The lowest BCUT2D eigenvalue weighted by Crippen LogP contribution is -2.44. The Balaban J connectivity index is 2.42. The maximum absolute atomic E-state index is 5.91. The van der Waals surface area contributed by atoms with Crippen molar-refractivity contribution in [2.45, 2.75) is 40.2 Å². The van der Waals surface area contributed by atoms with Crippen molar-refractivity contribution in [3.63, 3.8) is 0 Å². The van der Waals surface area contributed by atoms with Crippen molar-refractivity contribution in [1.82, 2.24) is 4.90 Å². The van der Waals surface area contributed by atoms with Crippen LogP contribution in [0.3, 0.4) is 0 Å². The fourth-order valence-electron chi connectivity index (χ4n) is 2.45. The van der Waals surface area contributed by atoms with Crippen molar-refractivity contribution in [3.8, 4) is 0 Å². The zero-order valence-corrected chi connectivity index (χ0v) is 12.1. The number of nitrogens with zero attached hydrogens (tertiary/aromatic N) is 1. The van der Waals surface area contributed by atoms with E-state index in [-0.39, 0.29) is 0 Å². The summed E-state index contributed by atoms with van der Waals surface area (Å²) >= 11 is 2.08. The number of hydrogen-bond donors (Lipinski definition) is 1. The molecule has 1 aliphatic heterocycles. The van der Waals surface area contributed by atoms with Crippen LogP contribution in [0.1, 0.15) is 34.1 Å². The van der Waals surface area contributed by atoms with Gasteiger partial charge in [-0.15, -0.1) is 0 Å². The molecule has 1 fully saturated rings. The Hall–Kier alpha value is 0.270. The van der Waals surface area contributed by atoms with Gasteiger partial charge in [-0.3, -0.25) is 4.90 Å². The molecule has 3 heteroatoms. The van der Waals surface area contributed by atoms with Crippen LogP contribution < -0.4 is 5.73 Å². The SMILES string of the molecule is CC1CSCCN1CC(CN)CC(C)(C)C. The Morgan fingerprint density at radius 1 is 1.44 bits per heavy atom. The van der Waals surface area contributed by atoms with Crippen LogP contribution in [-0.4, -0.2) is 42.1 Å². The molecule has 0 saturated carbocycles. The van der Waals surface area contributed by atoms with Gasteiger partial charge in [0.15, 0.2) is 0 Å². The fourth-order valence-corrected chi connectivity index (χ4v) is 3.54. The quantitative estimate of drug-likeness (QED) is 0.823. The lowest BCUT2D eigenvalue weighted by molar-refractivity contribution is 0.169. The van der Waals surface area contributed by atoms with Gasteiger partial charge in [0.05, 0.1) is 0 Å². The molecule has 2 unspecified atom stereocenters. The lowest BCUT2D eigenvalue weighted by atomic mass is 9.84. The van der Waals surface area contributed by atoms with E-state index in [4.69, 9.17) is 5.73 Å². The summed E-state index contributed by atoms with van der Waals surface area (Å²) in [6.07, 6.45) is 1.24. The summed E-state index contributed by atoms with van der Waals surface area (Å²) in [6.45, 7) is 12.5. The summed E-state index contributed by atoms with van der Waals surface area (Å²) in [5.74, 6) is 3.23. The van der Waals surface area contributed by atoms with Crippen molar-refractivity contribution in [3.05, 3.63) is 0 Å². The van der Waals surface area contributed by atoms with Gasteiger partial charge in [0.2, 0.25) is 0 Å². The molecular formula is C13H28N2S. The molecule has 0 amide bonds. The second-order valence-corrected chi connectivity index (χ2v) is 7.44. The first-order valence-electron chi connectivity index (χ1n) is 6.44. The van der Waals surface area contributed by atoms with Crippen molar-refractivity contribution in [2.75, 3.05) is 31.1 Å². The molecular weight excluding hydrogens is 216 g/mol. The third kappa shape index (κ3) is 5.07. The molecule has 1 saturated heterocycles. The Labute approximate surface area is 105 Å². The van der Waals surface area contributed by atoms with E-state index in [0.717, 1.165) is 12.6 Å². The Bertz CT molecular complexity index is 201. The second-order valence-electron chi connectivity index (χ2n) is 6.29. The minimum Gasteiger partial charge on any atom is -0.330 e. The minimum absolute atomic E-state index is 0.401. The van der Waals surface area contributed by atoms with Crippen LogP contribution in [0.15, 0.2) is 0 Å². The smallest absolute Gasteiger partial charge is 0.0158 e. The van der Waals surface area contributed by atoms with E-state index in [0.29, 0.717) is 11.3 Å². The summed E-state index contributed by atoms with van der Waals surface area (Å²) in [7, 11) is 0. The Morgan fingerprint density at radius 2 is 2.12 bits per heavy atom. The van der Waals surface area contributed by atoms with Gasteiger partial charge >= 0.3 is 0 Å². The van der Waals surface area contributed by atoms with Crippen molar-refractivity contribution >= 4 is 11.8 Å². The molecule has 96 valence electrons. The molecule has 0 bridgehead atoms. The molecule has 2 nitrogen and oxygen atoms in total. The minimum atomic E-state index is 0.401. The predicted octanol–water partition coefficient (Wildman–Crippen LogP) is 2.43. The number of thioether (sulfide) groups is 1. The highest BCUT2D eigenvalue weighted by atomic mass is 32.2. The van der Waals surface area contributed by atoms with Crippen molar-refractivity contribution in [1.29, 1.82) is 0 Å². The van der Waals surface area contributed by atoms with Crippen LogP contribution in [0.4, 0.5) is 0 Å². The summed E-state index contributed by atoms with van der Waals surface area (Å²) in [6, 6.07) is 0.729. The lowest BCUT2D eigenvalue weighted by Gasteiger charge is -2.37. The molecule has 1 aliphatic rings. The van der Waals surface area contributed by atoms with Crippen molar-refractivity contribution < 1.29 is 0 Å². The molecule has 0 aliphatic carbocycles. The normalized spacial score (nSPS) is 25.7. The zero-order valence-electron chi connectivity index (χ0n) is 11.3. The molecule has 0 aromatic rings. The van der Waals surface area contributed by atoms with E-state index in [2.05, 4.69) is 44.4 Å². The molecule has 16 heavy (non-hydrogen) atoms. The molecule has 1 rings (SSSR count). The molecule has 0 radical (unpaired) electrons.